The maximum absolute atomic E-state index is 11.0. The number of benzene rings is 1. The molecule has 0 fully saturated rings. The lowest BCUT2D eigenvalue weighted by atomic mass is 10.0. The number of aromatic nitrogens is 2. The van der Waals surface area contributed by atoms with Gasteiger partial charge in [-0.25, -0.2) is 5.43 Å². The van der Waals surface area contributed by atoms with Gasteiger partial charge in [0.05, 0.1) is 5.71 Å². The Morgan fingerprint density at radius 1 is 1.16 bits per heavy atom. The van der Waals surface area contributed by atoms with E-state index in [0.717, 1.165) is 16.8 Å². The highest BCUT2D eigenvalue weighted by atomic mass is 16.5. The van der Waals surface area contributed by atoms with Crippen molar-refractivity contribution < 1.29 is 9.32 Å². The van der Waals surface area contributed by atoms with Crippen molar-refractivity contribution in [2.45, 2.75) is 19.8 Å². The summed E-state index contributed by atoms with van der Waals surface area (Å²) >= 11 is 0. The number of hydrogen-bond donors (Lipinski definition) is 1. The largest absolute Gasteiger partial charge is 0.339 e. The summed E-state index contributed by atoms with van der Waals surface area (Å²) in [6.07, 6.45) is 1.14. The first kappa shape index (κ1) is 11.6. The summed E-state index contributed by atoms with van der Waals surface area (Å²) in [5.74, 6) is 1.07. The van der Waals surface area contributed by atoms with E-state index in [-0.39, 0.29) is 5.91 Å². The predicted molar refractivity (Wildman–Crippen MR) is 68.4 cm³/mol. The van der Waals surface area contributed by atoms with Gasteiger partial charge in [-0.3, -0.25) is 4.79 Å². The van der Waals surface area contributed by atoms with E-state index in [0.29, 0.717) is 24.6 Å². The normalized spacial score (nSPS) is 15.0. The number of nitrogens with one attached hydrogen (secondary N) is 1. The standard InChI is InChI=1S/C13H12N4O2/c1-8-14-13(17-19-8)10-4-2-9(3-5-10)11-6-7-12(18)16-15-11/h2-5H,6-7H2,1H3,(H,16,18). The van der Waals surface area contributed by atoms with Crippen LogP contribution in [0, 0.1) is 6.92 Å². The lowest BCUT2D eigenvalue weighted by Gasteiger charge is -2.11. The number of hydrogen-bond acceptors (Lipinski definition) is 5. The first-order valence-electron chi connectivity index (χ1n) is 5.99. The molecule has 0 radical (unpaired) electrons. The monoisotopic (exact) mass is 256 g/mol. The zero-order valence-electron chi connectivity index (χ0n) is 10.4. The zero-order chi connectivity index (χ0) is 13.2. The maximum Gasteiger partial charge on any atom is 0.240 e. The second kappa shape index (κ2) is 4.64. The van der Waals surface area contributed by atoms with Crippen molar-refractivity contribution in [3.05, 3.63) is 35.7 Å². The topological polar surface area (TPSA) is 80.4 Å². The van der Waals surface area contributed by atoms with Gasteiger partial charge in [0.15, 0.2) is 0 Å². The molecule has 0 saturated heterocycles. The van der Waals surface area contributed by atoms with Crippen molar-refractivity contribution in [1.29, 1.82) is 0 Å². The Morgan fingerprint density at radius 3 is 2.47 bits per heavy atom. The molecule has 2 heterocycles. The van der Waals surface area contributed by atoms with Gasteiger partial charge < -0.3 is 4.52 Å². The van der Waals surface area contributed by atoms with Crippen molar-refractivity contribution in [2.24, 2.45) is 5.10 Å². The van der Waals surface area contributed by atoms with Gasteiger partial charge in [0.1, 0.15) is 0 Å². The van der Waals surface area contributed by atoms with Crippen molar-refractivity contribution in [1.82, 2.24) is 15.6 Å². The third kappa shape index (κ3) is 2.37. The summed E-state index contributed by atoms with van der Waals surface area (Å²) in [4.78, 5) is 15.2. The molecule has 3 rings (SSSR count). The molecular formula is C13H12N4O2. The van der Waals surface area contributed by atoms with Crippen molar-refractivity contribution >= 4 is 11.6 Å². The third-order valence-corrected chi connectivity index (χ3v) is 2.91. The van der Waals surface area contributed by atoms with Gasteiger partial charge >= 0.3 is 0 Å². The van der Waals surface area contributed by atoms with Crippen LogP contribution >= 0.6 is 0 Å². The predicted octanol–water partition coefficient (Wildman–Crippen LogP) is 1.66. The molecule has 0 unspecified atom stereocenters. The van der Waals surface area contributed by atoms with Crippen LogP contribution in [0.15, 0.2) is 33.9 Å². The summed E-state index contributed by atoms with van der Waals surface area (Å²) in [6.45, 7) is 1.75. The molecule has 1 N–H and O–H groups in total. The lowest BCUT2D eigenvalue weighted by Crippen LogP contribution is -2.25. The number of carbonyl (C=O) groups is 1. The molecule has 19 heavy (non-hydrogen) atoms. The summed E-state index contributed by atoms with van der Waals surface area (Å²) in [5.41, 5.74) is 5.25. The molecule has 1 aromatic carbocycles. The van der Waals surface area contributed by atoms with Crippen molar-refractivity contribution in [3.8, 4) is 11.4 Å². The van der Waals surface area contributed by atoms with Crippen LogP contribution in [0.5, 0.6) is 0 Å². The maximum atomic E-state index is 11.0. The van der Waals surface area contributed by atoms with E-state index in [9.17, 15) is 4.79 Å². The minimum Gasteiger partial charge on any atom is -0.339 e. The number of aryl methyl sites for hydroxylation is 1. The molecule has 2 aromatic rings. The number of carbonyl (C=O) groups excluding carboxylic acids is 1. The molecule has 1 amide bonds. The van der Waals surface area contributed by atoms with E-state index in [1.54, 1.807) is 6.92 Å². The Hall–Kier alpha value is -2.50. The third-order valence-electron chi connectivity index (χ3n) is 2.91. The molecule has 1 aliphatic rings. The number of rotatable bonds is 2. The molecule has 0 aliphatic carbocycles. The molecular weight excluding hydrogens is 244 g/mol. The van der Waals surface area contributed by atoms with Gasteiger partial charge in [0.2, 0.25) is 17.6 Å². The Balaban J connectivity index is 1.85. The van der Waals surface area contributed by atoms with E-state index in [2.05, 4.69) is 20.7 Å². The van der Waals surface area contributed by atoms with Crippen LogP contribution in [0.2, 0.25) is 0 Å². The number of hydrazone groups is 1. The van der Waals surface area contributed by atoms with Gasteiger partial charge in [0, 0.05) is 25.3 Å². The van der Waals surface area contributed by atoms with Crippen LogP contribution in [0.1, 0.15) is 24.3 Å². The minimum absolute atomic E-state index is 0.0392. The highest BCUT2D eigenvalue weighted by Gasteiger charge is 2.13. The number of amides is 1. The van der Waals surface area contributed by atoms with E-state index < -0.39 is 0 Å². The van der Waals surface area contributed by atoms with Crippen LogP contribution in [-0.2, 0) is 4.79 Å². The molecule has 96 valence electrons. The van der Waals surface area contributed by atoms with Crippen LogP contribution < -0.4 is 5.43 Å². The fourth-order valence-corrected chi connectivity index (χ4v) is 1.91. The smallest absolute Gasteiger partial charge is 0.240 e. The Morgan fingerprint density at radius 2 is 1.89 bits per heavy atom. The van der Waals surface area contributed by atoms with Gasteiger partial charge in [-0.05, 0) is 5.56 Å². The average molecular weight is 256 g/mol. The Bertz CT molecular complexity index is 643. The van der Waals surface area contributed by atoms with E-state index in [1.165, 1.54) is 0 Å². The summed E-state index contributed by atoms with van der Waals surface area (Å²) < 4.78 is 4.94. The average Bonchev–Trinajstić information content (AvgIpc) is 2.87. The van der Waals surface area contributed by atoms with Crippen molar-refractivity contribution in [2.75, 3.05) is 0 Å². The van der Waals surface area contributed by atoms with E-state index in [1.807, 2.05) is 24.3 Å². The van der Waals surface area contributed by atoms with E-state index in [4.69, 9.17) is 4.52 Å². The highest BCUT2D eigenvalue weighted by molar-refractivity contribution is 6.04. The molecule has 6 nitrogen and oxygen atoms in total. The van der Waals surface area contributed by atoms with Gasteiger partial charge in [-0.2, -0.15) is 10.1 Å². The summed E-state index contributed by atoms with van der Waals surface area (Å²) in [5, 5.41) is 7.92. The number of nitrogens with zero attached hydrogens (tertiary/aromatic N) is 3. The molecule has 0 spiro atoms. The molecule has 1 aliphatic heterocycles. The van der Waals surface area contributed by atoms with E-state index >= 15 is 0 Å². The fourth-order valence-electron chi connectivity index (χ4n) is 1.91. The molecule has 6 heteroatoms. The van der Waals surface area contributed by atoms with Crippen LogP contribution in [0.4, 0.5) is 0 Å². The van der Waals surface area contributed by atoms with Crippen LogP contribution in [0.25, 0.3) is 11.4 Å². The second-order valence-corrected chi connectivity index (χ2v) is 4.31. The lowest BCUT2D eigenvalue weighted by molar-refractivity contribution is -0.121. The van der Waals surface area contributed by atoms with Crippen LogP contribution in [-0.4, -0.2) is 21.8 Å². The molecule has 0 bridgehead atoms. The Kier molecular flexibility index (Phi) is 2.83. The summed E-state index contributed by atoms with van der Waals surface area (Å²) in [6, 6.07) is 7.71. The quantitative estimate of drug-likeness (QED) is 0.886. The van der Waals surface area contributed by atoms with Gasteiger partial charge in [-0.1, -0.05) is 29.4 Å². The SMILES string of the molecule is Cc1nc(-c2ccc(C3=NNC(=O)CC3)cc2)no1. The first-order valence-corrected chi connectivity index (χ1v) is 5.99. The minimum atomic E-state index is -0.0392. The Labute approximate surface area is 109 Å². The highest BCUT2D eigenvalue weighted by Crippen LogP contribution is 2.18. The molecule has 1 aromatic heterocycles. The van der Waals surface area contributed by atoms with Gasteiger partial charge in [0.25, 0.3) is 0 Å². The second-order valence-electron chi connectivity index (χ2n) is 4.31. The first-order chi connectivity index (χ1) is 9.22. The van der Waals surface area contributed by atoms with Gasteiger partial charge in [-0.15, -0.1) is 0 Å². The summed E-state index contributed by atoms with van der Waals surface area (Å²) in [7, 11) is 0. The molecule has 0 atom stereocenters. The fraction of sp³-hybridized carbons (Fsp3) is 0.231. The molecule has 0 saturated carbocycles. The van der Waals surface area contributed by atoms with Crippen molar-refractivity contribution in [3.63, 3.8) is 0 Å². The van der Waals surface area contributed by atoms with Crippen LogP contribution in [0.3, 0.4) is 0 Å². The zero-order valence-corrected chi connectivity index (χ0v) is 10.4.